The Hall–Kier alpha value is -2.54. The Balaban J connectivity index is 1.17. The van der Waals surface area contributed by atoms with Crippen LogP contribution in [0.3, 0.4) is 0 Å². The third-order valence-corrected chi connectivity index (χ3v) is 17.2. The molecule has 0 amide bonds. The SMILES string of the molecule is CC1(C)[C@H]2CC[C@]3(C)[C@H](C(=O)C=C4[C@@H]5C[C@@](C)(C(=O)O)CC[C@]5(C)CC[C@]43C)[C@@]2(C)CC[C@H]1O[C@@H]1O[C@H](C(=O)O)[C@@H](O)[C@@H](O)[C@H]1O[C@@H]1O[C@H](C(=O)O)[C@@H](O)[C@@H](O)[C@H]1O. The summed E-state index contributed by atoms with van der Waals surface area (Å²) in [6.45, 7) is 14.8. The molecule has 16 nitrogen and oxygen atoms in total. The fourth-order valence-corrected chi connectivity index (χ4v) is 13.4. The van der Waals surface area contributed by atoms with Crippen molar-refractivity contribution >= 4 is 23.7 Å². The molecule has 2 saturated heterocycles. The van der Waals surface area contributed by atoms with Crippen LogP contribution in [0.5, 0.6) is 0 Å². The maximum atomic E-state index is 14.8. The molecule has 7 rings (SSSR count). The number of hydrogen-bond acceptors (Lipinski definition) is 13. The molecular weight excluding hydrogens is 760 g/mol. The second-order valence-corrected chi connectivity index (χ2v) is 20.6. The molecule has 0 spiro atoms. The Labute approximate surface area is 337 Å². The summed E-state index contributed by atoms with van der Waals surface area (Å²) < 4.78 is 23.4. The Kier molecular flexibility index (Phi) is 10.7. The molecule has 58 heavy (non-hydrogen) atoms. The molecule has 0 radical (unpaired) electrons. The molecule has 5 aliphatic carbocycles. The van der Waals surface area contributed by atoms with E-state index >= 15 is 0 Å². The lowest BCUT2D eigenvalue weighted by atomic mass is 9.33. The third-order valence-electron chi connectivity index (χ3n) is 17.2. The third kappa shape index (κ3) is 6.25. The average molecular weight is 823 g/mol. The van der Waals surface area contributed by atoms with E-state index in [1.165, 1.54) is 0 Å². The lowest BCUT2D eigenvalue weighted by Gasteiger charge is -2.70. The highest BCUT2D eigenvalue weighted by molar-refractivity contribution is 5.95. The van der Waals surface area contributed by atoms with Crippen LogP contribution in [-0.2, 0) is 38.1 Å². The first-order chi connectivity index (χ1) is 26.8. The number of aliphatic hydroxyl groups is 5. The van der Waals surface area contributed by atoms with Gasteiger partial charge in [0.15, 0.2) is 30.6 Å². The summed E-state index contributed by atoms with van der Waals surface area (Å²) in [5.74, 6) is -4.47. The van der Waals surface area contributed by atoms with Crippen molar-refractivity contribution in [3.05, 3.63) is 11.6 Å². The van der Waals surface area contributed by atoms with Gasteiger partial charge in [-0.1, -0.05) is 47.1 Å². The van der Waals surface area contributed by atoms with Gasteiger partial charge in [0.1, 0.15) is 36.6 Å². The fourth-order valence-electron chi connectivity index (χ4n) is 13.4. The molecule has 0 aromatic rings. The van der Waals surface area contributed by atoms with Crippen LogP contribution in [0.1, 0.15) is 106 Å². The molecule has 0 aromatic heterocycles. The van der Waals surface area contributed by atoms with E-state index in [9.17, 15) is 60.0 Å². The quantitative estimate of drug-likeness (QED) is 0.171. The van der Waals surface area contributed by atoms with Gasteiger partial charge in [0.25, 0.3) is 0 Å². The zero-order chi connectivity index (χ0) is 42.9. The van der Waals surface area contributed by atoms with Crippen molar-refractivity contribution in [2.45, 2.75) is 174 Å². The van der Waals surface area contributed by atoms with E-state index in [0.29, 0.717) is 25.7 Å². The molecule has 8 N–H and O–H groups in total. The largest absolute Gasteiger partial charge is 0.481 e. The number of hydrogen-bond donors (Lipinski definition) is 8. The number of carbonyl (C=O) groups is 4. The fraction of sp³-hybridized carbons (Fsp3) is 0.857. The predicted molar refractivity (Wildman–Crippen MR) is 199 cm³/mol. The number of carboxylic acid groups (broad SMARTS) is 3. The second kappa shape index (κ2) is 14.3. The van der Waals surface area contributed by atoms with Gasteiger partial charge in [-0.3, -0.25) is 9.59 Å². The molecule has 16 heteroatoms. The molecule has 4 saturated carbocycles. The van der Waals surface area contributed by atoms with Gasteiger partial charge in [0.05, 0.1) is 11.5 Å². The first-order valence-electron chi connectivity index (χ1n) is 20.7. The standard InChI is InChI=1S/C42H62O16/c1-37(2)21-8-11-42(7)31(20(43)16-18-19-17-39(4,36(53)54)13-12-38(19,3)14-15-41(18,42)6)40(21,5)10-9-22(37)55-35-30(26(47)25(46)29(57-35)33(51)52)58-34-27(48)23(44)24(45)28(56-34)32(49)50/h16,19,21-31,34-35,44-48H,8-15,17H2,1-7H3,(H,49,50)(H,51,52)(H,53,54)/t19-,21+,22+,23+,24-,25-,26+,27+,28-,29-,30+,31+,34-,35+,38+,39-,40-,41+,42+/m0/s1. The summed E-state index contributed by atoms with van der Waals surface area (Å²) in [4.78, 5) is 51.3. The molecule has 7 aliphatic rings. The van der Waals surface area contributed by atoms with Crippen LogP contribution >= 0.6 is 0 Å². The minimum atomic E-state index is -2.05. The number of ether oxygens (including phenoxy) is 4. The van der Waals surface area contributed by atoms with Crippen LogP contribution in [0.4, 0.5) is 0 Å². The minimum absolute atomic E-state index is 0.0217. The monoisotopic (exact) mass is 822 g/mol. The highest BCUT2D eigenvalue weighted by Crippen LogP contribution is 2.75. The number of rotatable bonds is 7. The normalized spacial score (nSPS) is 52.6. The van der Waals surface area contributed by atoms with Gasteiger partial charge in [0.2, 0.25) is 0 Å². The van der Waals surface area contributed by atoms with Crippen LogP contribution in [0, 0.1) is 50.2 Å². The van der Waals surface area contributed by atoms with Crippen LogP contribution < -0.4 is 0 Å². The van der Waals surface area contributed by atoms with Crippen LogP contribution in [-0.4, -0.2) is 132 Å². The maximum absolute atomic E-state index is 14.8. The Morgan fingerprint density at radius 2 is 1.28 bits per heavy atom. The van der Waals surface area contributed by atoms with E-state index in [4.69, 9.17) is 18.9 Å². The summed E-state index contributed by atoms with van der Waals surface area (Å²) >= 11 is 0. The summed E-state index contributed by atoms with van der Waals surface area (Å²) in [6, 6.07) is 0. The first kappa shape index (κ1) is 43.5. The number of ketones is 1. The van der Waals surface area contributed by atoms with Crippen LogP contribution in [0.15, 0.2) is 11.6 Å². The summed E-state index contributed by atoms with van der Waals surface area (Å²) in [6.07, 6.45) is -12.2. The van der Waals surface area contributed by atoms with Crippen molar-refractivity contribution in [3.8, 4) is 0 Å². The molecule has 326 valence electrons. The van der Waals surface area contributed by atoms with E-state index in [0.717, 1.165) is 37.7 Å². The van der Waals surface area contributed by atoms with Crippen LogP contribution in [0.2, 0.25) is 0 Å². The Morgan fingerprint density at radius 1 is 0.690 bits per heavy atom. The van der Waals surface area contributed by atoms with Crippen molar-refractivity contribution in [1.29, 1.82) is 0 Å². The first-order valence-corrected chi connectivity index (χ1v) is 20.7. The minimum Gasteiger partial charge on any atom is -0.481 e. The van der Waals surface area contributed by atoms with E-state index < -0.39 is 107 Å². The van der Waals surface area contributed by atoms with E-state index in [2.05, 4.69) is 27.7 Å². The van der Waals surface area contributed by atoms with Gasteiger partial charge >= 0.3 is 17.9 Å². The molecule has 0 aromatic carbocycles. The molecule has 0 bridgehead atoms. The van der Waals surface area contributed by atoms with Crippen molar-refractivity contribution in [2.24, 2.45) is 50.2 Å². The molecule has 6 fully saturated rings. The number of carboxylic acids is 3. The summed E-state index contributed by atoms with van der Waals surface area (Å²) in [7, 11) is 0. The van der Waals surface area contributed by atoms with Crippen molar-refractivity contribution in [1.82, 2.24) is 0 Å². The highest BCUT2D eigenvalue weighted by atomic mass is 16.8. The summed E-state index contributed by atoms with van der Waals surface area (Å²) in [5, 5.41) is 83.0. The Morgan fingerprint density at radius 3 is 1.88 bits per heavy atom. The van der Waals surface area contributed by atoms with Gasteiger partial charge in [0, 0.05) is 5.92 Å². The average Bonchev–Trinajstić information content (AvgIpc) is 3.13. The van der Waals surface area contributed by atoms with E-state index in [1.807, 2.05) is 26.8 Å². The van der Waals surface area contributed by atoms with Gasteiger partial charge in [-0.2, -0.15) is 0 Å². The molecule has 0 unspecified atom stereocenters. The number of allylic oxidation sites excluding steroid dienone is 2. The number of carbonyl (C=O) groups excluding carboxylic acids is 1. The van der Waals surface area contributed by atoms with E-state index in [1.54, 1.807) is 0 Å². The predicted octanol–water partition coefficient (Wildman–Crippen LogP) is 2.25. The molecule has 2 aliphatic heterocycles. The van der Waals surface area contributed by atoms with Gasteiger partial charge in [-0.25, -0.2) is 9.59 Å². The van der Waals surface area contributed by atoms with Gasteiger partial charge in [-0.05, 0) is 110 Å². The number of aliphatic carboxylic acids is 3. The van der Waals surface area contributed by atoms with E-state index in [-0.39, 0.29) is 34.4 Å². The topological polar surface area (TPSA) is 267 Å². The molecular formula is C42H62O16. The lowest BCUT2D eigenvalue weighted by Crippen LogP contribution is -2.68. The number of aliphatic hydroxyl groups excluding tert-OH is 5. The molecule has 2 heterocycles. The van der Waals surface area contributed by atoms with Gasteiger partial charge < -0.3 is 59.8 Å². The lowest BCUT2D eigenvalue weighted by molar-refractivity contribution is -0.371. The second-order valence-electron chi connectivity index (χ2n) is 20.6. The van der Waals surface area contributed by atoms with Crippen molar-refractivity contribution in [3.63, 3.8) is 0 Å². The summed E-state index contributed by atoms with van der Waals surface area (Å²) in [5.41, 5.74) is -1.81. The van der Waals surface area contributed by atoms with Gasteiger partial charge in [-0.15, -0.1) is 0 Å². The number of fused-ring (bicyclic) bond motifs is 7. The smallest absolute Gasteiger partial charge is 0.335 e. The molecule has 19 atom stereocenters. The van der Waals surface area contributed by atoms with Crippen molar-refractivity contribution < 1.29 is 79.0 Å². The maximum Gasteiger partial charge on any atom is 0.335 e. The van der Waals surface area contributed by atoms with Crippen molar-refractivity contribution in [2.75, 3.05) is 0 Å². The zero-order valence-corrected chi connectivity index (χ0v) is 34.4. The highest BCUT2D eigenvalue weighted by Gasteiger charge is 2.71. The Bertz CT molecular complexity index is 1730. The zero-order valence-electron chi connectivity index (χ0n) is 34.4. The van der Waals surface area contributed by atoms with Crippen LogP contribution in [0.25, 0.3) is 0 Å².